The second-order valence-corrected chi connectivity index (χ2v) is 45.2. The van der Waals surface area contributed by atoms with E-state index in [4.69, 9.17) is 4.42 Å². The molecule has 0 fully saturated rings. The number of nitrogens with zero attached hydrogens (tertiary/aromatic N) is 5. The van der Waals surface area contributed by atoms with E-state index in [9.17, 15) is 0 Å². The number of benzene rings is 17. The molecular weight excluding hydrogens is 1640 g/mol. The number of rotatable bonds is 9. The maximum absolute atomic E-state index is 7.94. The fraction of sp³-hybridized carbons (Fsp3) is 0.190. The largest absolute Gasteiger partial charge is 0.453 e. The SMILES string of the molecule is CC(C)(C)c1ccc2c(c1)c1cc(C(C)(C)C)ccc1n2-c1ccc2c(c1)N(c1cccc3c1oc1c(-c4ccc(-c5ccccc5)cc4)cccc13)c1cc(-n3c4ccc(C(C)(C)C)cc4c4cc(C(C)(C)C)ccc43)cc3c1B2c1ccc(-n2c4ccc(C(C)(C)C)cc4c4cc(C(C)(C)C)ccc42)cc1N3c1cccc2c1sc1c(-c3cccc(-c4ccccc4)c3)cccc12. The third-order valence-electron chi connectivity index (χ3n) is 29.4. The van der Waals surface area contributed by atoms with Crippen molar-refractivity contribution in [3.05, 3.63) is 373 Å². The van der Waals surface area contributed by atoms with Crippen molar-refractivity contribution in [3.8, 4) is 61.6 Å². The van der Waals surface area contributed by atoms with Crippen LogP contribution in [0, 0.1) is 0 Å². The van der Waals surface area contributed by atoms with Crippen molar-refractivity contribution >= 4 is 176 Å². The Morgan fingerprint density at radius 3 is 0.978 bits per heavy atom. The fourth-order valence-corrected chi connectivity index (χ4v) is 23.3. The van der Waals surface area contributed by atoms with Crippen LogP contribution in [0.5, 0.6) is 0 Å². The Bertz CT molecular complexity index is 8440. The van der Waals surface area contributed by atoms with Crippen LogP contribution < -0.4 is 26.2 Å². The standard InChI is InChI=1S/C126H110BN5OS/c1-121(2,3)81-48-58-104-96(65-81)97-66-82(122(4,5)6)49-59-105(97)128(104)87-54-56-102-112(71-87)131(110-42-28-39-93-92-38-26-36-90(117(92)133-118(93)110)78-46-44-77(45-47-78)75-30-21-19-22-31-75)114-73-89(130-108-62-52-85(125(13,14)15)69-100(108)101-70-86(126(16,17)18)53-63-109(101)130)74-115-116(114)127(102)103-57-55-88(129-106-60-50-83(123(7,8)9)67-98(106)99-68-84(124(10,11)12)51-61-107(99)129)72-113(103)132(115)111-43-29-41-95-94-40-27-37-91(119(94)134-120(95)111)80-35-25-34-79(64-80)76-32-23-20-24-33-76/h19-74H,1-18H3. The van der Waals surface area contributed by atoms with Crippen LogP contribution in [0.2, 0.25) is 0 Å². The maximum Gasteiger partial charge on any atom is 0.252 e. The lowest BCUT2D eigenvalue weighted by molar-refractivity contribution is 0.590. The molecule has 5 aromatic heterocycles. The van der Waals surface area contributed by atoms with Crippen molar-refractivity contribution in [1.29, 1.82) is 0 Å². The minimum absolute atomic E-state index is 0.0900. The first kappa shape index (κ1) is 82.9. The molecule has 0 aliphatic carbocycles. The van der Waals surface area contributed by atoms with Gasteiger partial charge in [0.05, 0.1) is 54.9 Å². The lowest BCUT2D eigenvalue weighted by Gasteiger charge is -2.44. The molecule has 0 amide bonds. The van der Waals surface area contributed by atoms with Crippen LogP contribution in [0.25, 0.3) is 169 Å². The molecule has 24 rings (SSSR count). The summed E-state index contributed by atoms with van der Waals surface area (Å²) in [6.07, 6.45) is 0. The summed E-state index contributed by atoms with van der Waals surface area (Å²) in [5.41, 5.74) is 38.2. The molecule has 22 aromatic rings. The molecule has 2 aliphatic rings. The normalized spacial score (nSPS) is 13.4. The van der Waals surface area contributed by atoms with Gasteiger partial charge in [0.1, 0.15) is 5.58 Å². The van der Waals surface area contributed by atoms with E-state index in [1.54, 1.807) is 0 Å². The Morgan fingerprint density at radius 1 is 0.216 bits per heavy atom. The highest BCUT2D eigenvalue weighted by atomic mass is 32.1. The van der Waals surface area contributed by atoms with Gasteiger partial charge in [-0.1, -0.05) is 337 Å². The van der Waals surface area contributed by atoms with Crippen LogP contribution in [-0.4, -0.2) is 20.4 Å². The number of hydrogen-bond acceptors (Lipinski definition) is 4. The number of fused-ring (bicyclic) bond motifs is 19. The first-order valence-corrected chi connectivity index (χ1v) is 48.6. The minimum Gasteiger partial charge on any atom is -0.453 e. The van der Waals surface area contributed by atoms with Gasteiger partial charge >= 0.3 is 0 Å². The number of para-hydroxylation sites is 2. The van der Waals surface area contributed by atoms with Crippen molar-refractivity contribution < 1.29 is 4.42 Å². The Hall–Kier alpha value is -14.2. The summed E-state index contributed by atoms with van der Waals surface area (Å²) < 4.78 is 18.1. The quantitative estimate of drug-likeness (QED) is 0.135. The van der Waals surface area contributed by atoms with Crippen LogP contribution in [-0.2, 0) is 32.5 Å². The van der Waals surface area contributed by atoms with Gasteiger partial charge in [0.15, 0.2) is 5.58 Å². The van der Waals surface area contributed by atoms with E-state index in [1.807, 2.05) is 11.3 Å². The van der Waals surface area contributed by atoms with Gasteiger partial charge in [0, 0.05) is 98.2 Å². The summed E-state index contributed by atoms with van der Waals surface area (Å²) in [6, 6.07) is 131. The molecule has 7 heterocycles. The predicted molar refractivity (Wildman–Crippen MR) is 578 cm³/mol. The van der Waals surface area contributed by atoms with Gasteiger partial charge in [-0.25, -0.2) is 0 Å². The zero-order valence-electron chi connectivity index (χ0n) is 80.0. The van der Waals surface area contributed by atoms with E-state index in [-0.39, 0.29) is 39.2 Å². The highest BCUT2D eigenvalue weighted by Gasteiger charge is 2.46. The Kier molecular flexibility index (Phi) is 18.4. The second kappa shape index (κ2) is 29.7. The third kappa shape index (κ3) is 13.1. The smallest absolute Gasteiger partial charge is 0.252 e. The number of furan rings is 1. The fourth-order valence-electron chi connectivity index (χ4n) is 22.0. The molecule has 0 N–H and O–H groups in total. The molecule has 134 heavy (non-hydrogen) atoms. The van der Waals surface area contributed by atoms with Gasteiger partial charge in [-0.2, -0.15) is 0 Å². The van der Waals surface area contributed by atoms with Crippen molar-refractivity contribution in [3.63, 3.8) is 0 Å². The van der Waals surface area contributed by atoms with Gasteiger partial charge < -0.3 is 27.9 Å². The van der Waals surface area contributed by atoms with Crippen LogP contribution in [0.15, 0.2) is 344 Å². The van der Waals surface area contributed by atoms with Gasteiger partial charge in [-0.15, -0.1) is 11.3 Å². The van der Waals surface area contributed by atoms with Gasteiger partial charge in [0.2, 0.25) is 0 Å². The van der Waals surface area contributed by atoms with E-state index in [2.05, 4.69) is 488 Å². The molecule has 0 unspecified atom stereocenters. The Labute approximate surface area is 790 Å². The molecule has 0 saturated carbocycles. The molecule has 0 spiro atoms. The minimum atomic E-state index is -0.328. The first-order valence-electron chi connectivity index (χ1n) is 47.8. The number of anilines is 6. The monoisotopic (exact) mass is 1750 g/mol. The van der Waals surface area contributed by atoms with Crippen molar-refractivity contribution in [2.75, 3.05) is 9.80 Å². The van der Waals surface area contributed by atoms with Crippen molar-refractivity contribution in [1.82, 2.24) is 13.7 Å². The third-order valence-corrected chi connectivity index (χ3v) is 30.6. The summed E-state index contributed by atoms with van der Waals surface area (Å²) in [6.45, 7) is 41.9. The molecular formula is C126H110BN5OS. The highest BCUT2D eigenvalue weighted by molar-refractivity contribution is 7.27. The first-order chi connectivity index (χ1) is 64.2. The van der Waals surface area contributed by atoms with Gasteiger partial charge in [0.25, 0.3) is 6.71 Å². The summed E-state index contributed by atoms with van der Waals surface area (Å²) in [4.78, 5) is 5.37. The number of thiophene rings is 1. The molecule has 2 aliphatic heterocycles. The van der Waals surface area contributed by atoms with Crippen LogP contribution in [0.3, 0.4) is 0 Å². The molecule has 0 bridgehead atoms. The average Bonchev–Trinajstić information content (AvgIpc) is 1.06. The summed E-state index contributed by atoms with van der Waals surface area (Å²) in [7, 11) is 0. The highest BCUT2D eigenvalue weighted by Crippen LogP contribution is 2.55. The Morgan fingerprint density at radius 2 is 0.545 bits per heavy atom. The zero-order chi connectivity index (χ0) is 92.0. The van der Waals surface area contributed by atoms with Crippen molar-refractivity contribution in [2.24, 2.45) is 0 Å². The molecule has 0 saturated heterocycles. The predicted octanol–water partition coefficient (Wildman–Crippen LogP) is 33.8. The van der Waals surface area contributed by atoms with E-state index < -0.39 is 0 Å². The summed E-state index contributed by atoms with van der Waals surface area (Å²) >= 11 is 1.92. The van der Waals surface area contributed by atoms with Crippen LogP contribution >= 0.6 is 11.3 Å². The van der Waals surface area contributed by atoms with Crippen molar-refractivity contribution in [2.45, 2.75) is 157 Å². The van der Waals surface area contributed by atoms with Gasteiger partial charge in [-0.05, 0) is 249 Å². The number of aromatic nitrogens is 3. The average molecular weight is 1750 g/mol. The number of hydrogen-bond donors (Lipinski definition) is 0. The molecule has 0 radical (unpaired) electrons. The molecule has 0 atom stereocenters. The Balaban J connectivity index is 0.848. The molecule has 8 heteroatoms. The van der Waals surface area contributed by atoms with E-state index in [1.165, 1.54) is 147 Å². The maximum atomic E-state index is 7.94. The summed E-state index contributed by atoms with van der Waals surface area (Å²) in [5, 5.41) is 12.0. The molecule has 654 valence electrons. The topological polar surface area (TPSA) is 34.4 Å². The lowest BCUT2D eigenvalue weighted by atomic mass is 9.33. The van der Waals surface area contributed by atoms with E-state index >= 15 is 0 Å². The lowest BCUT2D eigenvalue weighted by Crippen LogP contribution is -2.61. The summed E-state index contributed by atoms with van der Waals surface area (Å²) in [5.74, 6) is 0. The van der Waals surface area contributed by atoms with Crippen LogP contribution in [0.4, 0.5) is 34.1 Å². The zero-order valence-corrected chi connectivity index (χ0v) is 80.8. The van der Waals surface area contributed by atoms with E-state index in [0.29, 0.717) is 0 Å². The molecule has 6 nitrogen and oxygen atoms in total. The molecule has 17 aromatic carbocycles. The van der Waals surface area contributed by atoms with Gasteiger partial charge in [-0.3, -0.25) is 0 Å². The second-order valence-electron chi connectivity index (χ2n) is 44.2. The van der Waals surface area contributed by atoms with Crippen LogP contribution in [0.1, 0.15) is 158 Å². The van der Waals surface area contributed by atoms with E-state index in [0.717, 1.165) is 106 Å².